The van der Waals surface area contributed by atoms with Crippen LogP contribution in [0.25, 0.3) is 0 Å². The summed E-state index contributed by atoms with van der Waals surface area (Å²) in [6.07, 6.45) is -5.57. The van der Waals surface area contributed by atoms with Crippen LogP contribution in [0, 0.1) is 16.7 Å². The molecule has 0 unspecified atom stereocenters. The van der Waals surface area contributed by atoms with Crippen LogP contribution >= 0.6 is 0 Å². The Balaban J connectivity index is 1.61. The minimum Gasteiger partial charge on any atom is -0.456 e. The number of nitrogens with one attached hydrogen (secondary N) is 1. The normalized spacial score (nSPS) is 27.4. The third-order valence-corrected chi connectivity index (χ3v) is 19.2. The number of hydrogen-bond acceptors (Lipinski definition) is 14. The zero-order valence-corrected chi connectivity index (χ0v) is 42.0. The van der Waals surface area contributed by atoms with E-state index in [0.29, 0.717) is 11.1 Å². The second-order valence-electron chi connectivity index (χ2n) is 20.4. The second kappa shape index (κ2) is 19.4. The molecule has 16 heteroatoms. The van der Waals surface area contributed by atoms with E-state index in [-0.39, 0.29) is 16.7 Å². The number of benzene rings is 3. The Morgan fingerprint density at radius 3 is 1.88 bits per heavy atom. The fourth-order valence-electron chi connectivity index (χ4n) is 9.89. The molecule has 2 bridgehead atoms. The summed E-state index contributed by atoms with van der Waals surface area (Å²) < 4.78 is 31.6. The lowest BCUT2D eigenvalue weighted by Gasteiger charge is -2.61. The zero-order valence-electron chi connectivity index (χ0n) is 41.0. The molecular formula is C53H63NO14Si. The zero-order chi connectivity index (χ0) is 51.1. The van der Waals surface area contributed by atoms with Crippen molar-refractivity contribution in [2.45, 2.75) is 129 Å². The highest BCUT2D eigenvalue weighted by atomic mass is 28.4. The largest absolute Gasteiger partial charge is 0.456 e. The fraction of sp³-hybridized carbons (Fsp3) is 0.453. The minimum atomic E-state index is -2.96. The van der Waals surface area contributed by atoms with Crippen LogP contribution in [0.2, 0.25) is 18.1 Å². The lowest BCUT2D eigenvalue weighted by atomic mass is 9.47. The van der Waals surface area contributed by atoms with Crippen molar-refractivity contribution in [1.82, 2.24) is 5.32 Å². The van der Waals surface area contributed by atoms with Crippen molar-refractivity contribution in [3.05, 3.63) is 131 Å². The summed E-state index contributed by atoms with van der Waals surface area (Å²) in [6.45, 7) is 16.6. The van der Waals surface area contributed by atoms with E-state index in [0.717, 1.165) is 26.0 Å². The number of carbonyl (C=O) groups is 7. The number of aliphatic hydroxyl groups is 2. The summed E-state index contributed by atoms with van der Waals surface area (Å²) in [7, 11) is -2.96. The molecule has 69 heavy (non-hydrogen) atoms. The van der Waals surface area contributed by atoms with E-state index in [2.05, 4.69) is 5.32 Å². The number of allylic oxidation sites excluding steroid dienone is 1. The molecule has 0 saturated heterocycles. The Bertz CT molecular complexity index is 2550. The van der Waals surface area contributed by atoms with E-state index in [1.807, 2.05) is 33.9 Å². The van der Waals surface area contributed by atoms with Gasteiger partial charge in [-0.3, -0.25) is 24.0 Å². The van der Waals surface area contributed by atoms with Crippen LogP contribution in [0.5, 0.6) is 0 Å². The van der Waals surface area contributed by atoms with Crippen molar-refractivity contribution in [2.75, 3.05) is 6.61 Å². The highest BCUT2D eigenvalue weighted by Crippen LogP contribution is 2.61. The van der Waals surface area contributed by atoms with Crippen molar-refractivity contribution in [1.29, 1.82) is 0 Å². The molecule has 15 nitrogen and oxygen atoms in total. The van der Waals surface area contributed by atoms with Gasteiger partial charge in [-0.25, -0.2) is 9.59 Å². The van der Waals surface area contributed by atoms with Gasteiger partial charge in [-0.1, -0.05) is 101 Å². The molecule has 368 valence electrons. The van der Waals surface area contributed by atoms with Crippen molar-refractivity contribution >= 4 is 49.7 Å². The SMILES string of the molecule is CC(=O)O[C@H]1C(=O)[C@]2(C)C(=O)C=C[C@](CO)(OC(C)=O)[C@H]2[C@H](OC(=O)c2ccccc2)[C@]2(O)C[C@H](OC(=O)[C@H](O[Si](C)(C)C(C)(C)C)[C@@H](NC(=O)c3ccccc3)c3ccccc3)C(C)=C1C2(C)C. The molecule has 1 amide bonds. The molecule has 3 aromatic rings. The number of ketones is 2. The number of hydrogen-bond donors (Lipinski definition) is 3. The quantitative estimate of drug-likeness (QED) is 0.0532. The Labute approximate surface area is 403 Å². The van der Waals surface area contributed by atoms with Gasteiger partial charge in [-0.15, -0.1) is 0 Å². The van der Waals surface area contributed by atoms with E-state index < -0.39 is 126 Å². The number of amides is 1. The van der Waals surface area contributed by atoms with Gasteiger partial charge < -0.3 is 38.9 Å². The van der Waals surface area contributed by atoms with E-state index in [4.69, 9.17) is 23.4 Å². The number of ether oxygens (including phenoxy) is 4. The van der Waals surface area contributed by atoms with Crippen LogP contribution in [0.3, 0.4) is 0 Å². The van der Waals surface area contributed by atoms with Gasteiger partial charge in [0.15, 0.2) is 37.7 Å². The Morgan fingerprint density at radius 2 is 1.36 bits per heavy atom. The van der Waals surface area contributed by atoms with E-state index >= 15 is 9.59 Å². The summed E-state index contributed by atoms with van der Waals surface area (Å²) in [6, 6.07) is 23.7. The molecule has 0 heterocycles. The Kier molecular flexibility index (Phi) is 14.7. The number of fused-ring (bicyclic) bond motifs is 3. The summed E-state index contributed by atoms with van der Waals surface area (Å²) in [5, 5.41) is 27.8. The van der Waals surface area contributed by atoms with Gasteiger partial charge in [0.2, 0.25) is 0 Å². The molecule has 3 N–H and O–H groups in total. The number of esters is 4. The highest BCUT2D eigenvalue weighted by Gasteiger charge is 2.74. The molecule has 3 aliphatic rings. The first-order chi connectivity index (χ1) is 32.2. The summed E-state index contributed by atoms with van der Waals surface area (Å²) in [5.74, 6) is -8.25. The van der Waals surface area contributed by atoms with Gasteiger partial charge in [-0.05, 0) is 85.1 Å². The first kappa shape index (κ1) is 52.3. The van der Waals surface area contributed by atoms with Crippen LogP contribution in [-0.2, 0) is 47.3 Å². The lowest BCUT2D eigenvalue weighted by Crippen LogP contribution is -2.74. The Morgan fingerprint density at radius 1 is 0.812 bits per heavy atom. The molecule has 0 aliphatic heterocycles. The topological polar surface area (TPSA) is 218 Å². The predicted molar refractivity (Wildman–Crippen MR) is 255 cm³/mol. The molecule has 3 aliphatic carbocycles. The summed E-state index contributed by atoms with van der Waals surface area (Å²) >= 11 is 0. The molecule has 6 rings (SSSR count). The average Bonchev–Trinajstić information content (AvgIpc) is 3.29. The van der Waals surface area contributed by atoms with Crippen molar-refractivity contribution in [2.24, 2.45) is 16.7 Å². The third-order valence-electron chi connectivity index (χ3n) is 14.7. The molecule has 9 atom stereocenters. The van der Waals surface area contributed by atoms with Crippen molar-refractivity contribution < 1.29 is 67.1 Å². The number of Topliss-reactive ketones (excluding diaryl/α,β-unsaturated/α-hetero) is 1. The van der Waals surface area contributed by atoms with Crippen molar-refractivity contribution in [3.63, 3.8) is 0 Å². The molecule has 3 aromatic carbocycles. The number of rotatable bonds is 13. The predicted octanol–water partition coefficient (Wildman–Crippen LogP) is 6.73. The van der Waals surface area contributed by atoms with E-state index in [9.17, 15) is 34.2 Å². The highest BCUT2D eigenvalue weighted by molar-refractivity contribution is 6.74. The summed E-state index contributed by atoms with van der Waals surface area (Å²) in [4.78, 5) is 100. The van der Waals surface area contributed by atoms with Crippen LogP contribution in [0.15, 0.2) is 114 Å². The number of aliphatic hydroxyl groups excluding tert-OH is 1. The Hall–Kier alpha value is -6.07. The molecule has 1 saturated carbocycles. The monoisotopic (exact) mass is 965 g/mol. The van der Waals surface area contributed by atoms with Gasteiger partial charge >= 0.3 is 23.9 Å². The fourth-order valence-corrected chi connectivity index (χ4v) is 11.1. The second-order valence-corrected chi connectivity index (χ2v) is 25.2. The third kappa shape index (κ3) is 9.64. The summed E-state index contributed by atoms with van der Waals surface area (Å²) in [5.41, 5.74) is -8.13. The van der Waals surface area contributed by atoms with Gasteiger partial charge in [0, 0.05) is 31.2 Å². The molecular weight excluding hydrogens is 903 g/mol. The number of carbonyl (C=O) groups excluding carboxylic acids is 7. The first-order valence-corrected chi connectivity index (χ1v) is 25.8. The maximum absolute atomic E-state index is 15.6. The first-order valence-electron chi connectivity index (χ1n) is 22.9. The smallest absolute Gasteiger partial charge is 0.338 e. The van der Waals surface area contributed by atoms with Gasteiger partial charge in [0.1, 0.15) is 23.2 Å². The van der Waals surface area contributed by atoms with Crippen LogP contribution < -0.4 is 5.32 Å². The molecule has 1 fully saturated rings. The van der Waals surface area contributed by atoms with Crippen LogP contribution in [-0.4, -0.2) is 102 Å². The molecule has 0 radical (unpaired) electrons. The van der Waals surface area contributed by atoms with E-state index in [1.165, 1.54) is 32.9 Å². The van der Waals surface area contributed by atoms with E-state index in [1.54, 1.807) is 85.8 Å². The van der Waals surface area contributed by atoms with Gasteiger partial charge in [0.25, 0.3) is 5.91 Å². The van der Waals surface area contributed by atoms with Crippen molar-refractivity contribution in [3.8, 4) is 0 Å². The molecule has 0 spiro atoms. The maximum Gasteiger partial charge on any atom is 0.338 e. The molecule has 0 aromatic heterocycles. The lowest BCUT2D eigenvalue weighted by molar-refractivity contribution is -0.238. The van der Waals surface area contributed by atoms with Crippen LogP contribution in [0.4, 0.5) is 0 Å². The van der Waals surface area contributed by atoms with Gasteiger partial charge in [-0.2, -0.15) is 0 Å². The van der Waals surface area contributed by atoms with Gasteiger partial charge in [0.05, 0.1) is 24.1 Å². The average molecular weight is 966 g/mol. The maximum atomic E-state index is 15.6. The standard InChI is InChI=1S/C53H63NO14Si/c1-31-37(65-48(62)42(68-69(10,11)49(4,5)6)40(34-21-15-12-16-22-34)54-46(60)35-23-17-13-18-24-35)29-53(63)45(66-47(61)36-25-19-14-20-26-36)43-51(9,38(58)27-28-52(43,30-55)67-33(3)57)44(59)41(64-32(2)56)39(31)50(53,7)8/h12-28,37,40-43,45,55,63H,29-30H2,1-11H3,(H,54,60)/t37-,40-,41+,42+,43-,45-,51+,52+,53+/m0/s1. The van der Waals surface area contributed by atoms with Crippen LogP contribution in [0.1, 0.15) is 101 Å². The minimum absolute atomic E-state index is 0.00686.